The van der Waals surface area contributed by atoms with Gasteiger partial charge in [0.2, 0.25) is 10.0 Å². The number of hydrogen-bond acceptors (Lipinski definition) is 6. The maximum atomic E-state index is 11.8. The molecule has 1 saturated carbocycles. The van der Waals surface area contributed by atoms with Gasteiger partial charge in [-0.15, -0.1) is 0 Å². The highest BCUT2D eigenvalue weighted by molar-refractivity contribution is 7.90. The van der Waals surface area contributed by atoms with Crippen LogP contribution in [0.25, 0.3) is 0 Å². The second-order valence-corrected chi connectivity index (χ2v) is 8.23. The quantitative estimate of drug-likeness (QED) is 0.723. The lowest BCUT2D eigenvalue weighted by atomic mass is 10.1. The third kappa shape index (κ3) is 4.12. The Morgan fingerprint density at radius 1 is 1.25 bits per heavy atom. The highest BCUT2D eigenvalue weighted by Gasteiger charge is 2.35. The van der Waals surface area contributed by atoms with E-state index in [0.717, 1.165) is 24.2 Å². The zero-order valence-corrected chi connectivity index (χ0v) is 14.8. The van der Waals surface area contributed by atoms with Crippen LogP contribution in [0.3, 0.4) is 0 Å². The molecule has 1 aliphatic carbocycles. The molecule has 1 aromatic carbocycles. The molecule has 0 unspecified atom stereocenters. The molecule has 2 aliphatic rings. The predicted molar refractivity (Wildman–Crippen MR) is 90.2 cm³/mol. The van der Waals surface area contributed by atoms with E-state index in [-0.39, 0.29) is 11.3 Å². The van der Waals surface area contributed by atoms with Crippen LogP contribution in [-0.2, 0) is 16.6 Å². The molecule has 1 heterocycles. The van der Waals surface area contributed by atoms with Gasteiger partial charge in [0.05, 0.1) is 12.4 Å². The molecule has 2 N–H and O–H groups in total. The fraction of sp³-hybridized carbons (Fsp3) is 0.625. The average Bonchev–Trinajstić information content (AvgIpc) is 3.43. The van der Waals surface area contributed by atoms with Crippen LogP contribution in [0.5, 0.6) is 17.2 Å². The predicted octanol–water partition coefficient (Wildman–Crippen LogP) is 1.03. The van der Waals surface area contributed by atoms with Gasteiger partial charge in [0.25, 0.3) is 0 Å². The van der Waals surface area contributed by atoms with E-state index >= 15 is 0 Å². The third-order valence-corrected chi connectivity index (χ3v) is 6.06. The number of hydrogen-bond donors (Lipinski definition) is 2. The fourth-order valence-electron chi connectivity index (χ4n) is 2.53. The molecule has 8 heteroatoms. The lowest BCUT2D eigenvalue weighted by Gasteiger charge is -2.21. The van der Waals surface area contributed by atoms with Gasteiger partial charge >= 0.3 is 0 Å². The molecule has 1 fully saturated rings. The zero-order chi connectivity index (χ0) is 17.2. The standard InChI is InChI=1S/C16H24N2O5S/c1-11(9-18-24(19,20)13-3-4-13)17-10-12-7-15-16(8-14(12)21-2)23-6-5-22-15/h7-8,11,13,17-18H,3-6,9-10H2,1-2H3/t11-/m1/s1. The van der Waals surface area contributed by atoms with Gasteiger partial charge in [0.15, 0.2) is 11.5 Å². The van der Waals surface area contributed by atoms with Crippen LogP contribution >= 0.6 is 0 Å². The van der Waals surface area contributed by atoms with Gasteiger partial charge in [-0.25, -0.2) is 13.1 Å². The molecule has 134 valence electrons. The maximum Gasteiger partial charge on any atom is 0.214 e. The minimum Gasteiger partial charge on any atom is -0.496 e. The van der Waals surface area contributed by atoms with Gasteiger partial charge in [-0.1, -0.05) is 0 Å². The Labute approximate surface area is 142 Å². The first kappa shape index (κ1) is 17.3. The molecule has 0 bridgehead atoms. The van der Waals surface area contributed by atoms with Crippen molar-refractivity contribution >= 4 is 10.0 Å². The largest absolute Gasteiger partial charge is 0.496 e. The topological polar surface area (TPSA) is 85.9 Å². The van der Waals surface area contributed by atoms with Crippen LogP contribution in [0.15, 0.2) is 12.1 Å². The Morgan fingerprint density at radius 3 is 2.54 bits per heavy atom. The molecule has 0 aromatic heterocycles. The van der Waals surface area contributed by atoms with E-state index in [0.29, 0.717) is 37.8 Å². The van der Waals surface area contributed by atoms with Crippen LogP contribution < -0.4 is 24.2 Å². The number of methoxy groups -OCH3 is 1. The molecule has 0 spiro atoms. The molecule has 1 aromatic rings. The summed E-state index contributed by atoms with van der Waals surface area (Å²) >= 11 is 0. The molecule has 0 saturated heterocycles. The molecule has 0 amide bonds. The second kappa shape index (κ2) is 7.16. The van der Waals surface area contributed by atoms with E-state index in [1.165, 1.54) is 0 Å². The molecule has 24 heavy (non-hydrogen) atoms. The summed E-state index contributed by atoms with van der Waals surface area (Å²) in [6, 6.07) is 3.73. The maximum absolute atomic E-state index is 11.8. The number of nitrogens with one attached hydrogen (secondary N) is 2. The summed E-state index contributed by atoms with van der Waals surface area (Å²) in [4.78, 5) is 0. The van der Waals surface area contributed by atoms with Crippen molar-refractivity contribution in [3.8, 4) is 17.2 Å². The van der Waals surface area contributed by atoms with Crippen molar-refractivity contribution in [3.05, 3.63) is 17.7 Å². The summed E-state index contributed by atoms with van der Waals surface area (Å²) in [5.74, 6) is 2.12. The molecule has 7 nitrogen and oxygen atoms in total. The van der Waals surface area contributed by atoms with Gasteiger partial charge in [-0.2, -0.15) is 0 Å². The molecule has 1 aliphatic heterocycles. The summed E-state index contributed by atoms with van der Waals surface area (Å²) in [6.07, 6.45) is 1.54. The Kier molecular flexibility index (Phi) is 5.17. The second-order valence-electron chi connectivity index (χ2n) is 6.18. The van der Waals surface area contributed by atoms with Crippen molar-refractivity contribution < 1.29 is 22.6 Å². The minimum absolute atomic E-state index is 0.00330. The number of ether oxygens (including phenoxy) is 3. The zero-order valence-electron chi connectivity index (χ0n) is 14.0. The minimum atomic E-state index is -3.14. The van der Waals surface area contributed by atoms with Crippen LogP contribution in [-0.4, -0.2) is 46.6 Å². The SMILES string of the molecule is COc1cc2c(cc1CN[C@H](C)CNS(=O)(=O)C1CC1)OCCO2. The van der Waals surface area contributed by atoms with Crippen molar-refractivity contribution in [3.63, 3.8) is 0 Å². The Balaban J connectivity index is 1.57. The molecular weight excluding hydrogens is 332 g/mol. The average molecular weight is 356 g/mol. The Morgan fingerprint density at radius 2 is 1.92 bits per heavy atom. The molecule has 1 atom stereocenters. The number of fused-ring (bicyclic) bond motifs is 1. The van der Waals surface area contributed by atoms with Gasteiger partial charge in [0.1, 0.15) is 19.0 Å². The monoisotopic (exact) mass is 356 g/mol. The summed E-state index contributed by atoms with van der Waals surface area (Å²) in [5.41, 5.74) is 0.943. The van der Waals surface area contributed by atoms with Gasteiger partial charge < -0.3 is 19.5 Å². The summed E-state index contributed by atoms with van der Waals surface area (Å²) in [7, 11) is -1.53. The number of rotatable bonds is 8. The summed E-state index contributed by atoms with van der Waals surface area (Å²) < 4.78 is 42.9. The number of sulfonamides is 1. The van der Waals surface area contributed by atoms with Gasteiger partial charge in [-0.3, -0.25) is 0 Å². The van der Waals surface area contributed by atoms with Crippen LogP contribution in [0, 0.1) is 0 Å². The van der Waals surface area contributed by atoms with Crippen molar-refractivity contribution in [1.82, 2.24) is 10.0 Å². The van der Waals surface area contributed by atoms with Crippen molar-refractivity contribution in [2.75, 3.05) is 26.9 Å². The van der Waals surface area contributed by atoms with E-state index in [1.54, 1.807) is 7.11 Å². The smallest absolute Gasteiger partial charge is 0.214 e. The summed E-state index contributed by atoms with van der Waals surface area (Å²) in [5, 5.41) is 3.12. The van der Waals surface area contributed by atoms with Crippen LogP contribution in [0.1, 0.15) is 25.3 Å². The molecule has 0 radical (unpaired) electrons. The van der Waals surface area contributed by atoms with E-state index in [4.69, 9.17) is 14.2 Å². The molecule has 3 rings (SSSR count). The van der Waals surface area contributed by atoms with Crippen LogP contribution in [0.2, 0.25) is 0 Å². The highest BCUT2D eigenvalue weighted by atomic mass is 32.2. The van der Waals surface area contributed by atoms with Crippen molar-refractivity contribution in [2.45, 2.75) is 37.6 Å². The molecular formula is C16H24N2O5S. The first-order valence-electron chi connectivity index (χ1n) is 8.18. The van der Waals surface area contributed by atoms with Crippen LogP contribution in [0.4, 0.5) is 0 Å². The van der Waals surface area contributed by atoms with Crippen molar-refractivity contribution in [2.24, 2.45) is 0 Å². The normalized spacial score (nSPS) is 18.2. The lowest BCUT2D eigenvalue weighted by molar-refractivity contribution is 0.170. The first-order valence-corrected chi connectivity index (χ1v) is 9.72. The first-order chi connectivity index (χ1) is 11.5. The number of benzene rings is 1. The Hall–Kier alpha value is -1.51. The van der Waals surface area contributed by atoms with Gasteiger partial charge in [0, 0.05) is 30.8 Å². The Bertz CT molecular complexity index is 688. The van der Waals surface area contributed by atoms with E-state index in [1.807, 2.05) is 19.1 Å². The lowest BCUT2D eigenvalue weighted by Crippen LogP contribution is -2.39. The fourth-order valence-corrected chi connectivity index (χ4v) is 4.01. The van der Waals surface area contributed by atoms with E-state index in [2.05, 4.69) is 10.0 Å². The third-order valence-electron chi connectivity index (χ3n) is 4.14. The van der Waals surface area contributed by atoms with Crippen molar-refractivity contribution in [1.29, 1.82) is 0 Å². The summed E-state index contributed by atoms with van der Waals surface area (Å²) in [6.45, 7) is 3.93. The van der Waals surface area contributed by atoms with E-state index < -0.39 is 10.0 Å². The van der Waals surface area contributed by atoms with E-state index in [9.17, 15) is 8.42 Å². The highest BCUT2D eigenvalue weighted by Crippen LogP contribution is 2.36. The van der Waals surface area contributed by atoms with Gasteiger partial charge in [-0.05, 0) is 25.8 Å².